The maximum atomic E-state index is 13.2. The number of anilines is 1. The Labute approximate surface area is 233 Å². The fourth-order valence-electron chi connectivity index (χ4n) is 3.66. The number of carbonyl (C=O) groups is 3. The second-order valence-electron chi connectivity index (χ2n) is 8.06. The number of urea groups is 1. The quantitative estimate of drug-likeness (QED) is 0.174. The van der Waals surface area contributed by atoms with E-state index in [1.165, 1.54) is 6.08 Å². The zero-order valence-electron chi connectivity index (χ0n) is 20.4. The summed E-state index contributed by atoms with van der Waals surface area (Å²) in [5.41, 5.74) is 0.529. The fourth-order valence-corrected chi connectivity index (χ4v) is 4.20. The summed E-state index contributed by atoms with van der Waals surface area (Å²) in [5.74, 6) is -0.0727. The Balaban J connectivity index is 1.51. The molecule has 0 bridgehead atoms. The Kier molecular flexibility index (Phi) is 9.04. The van der Waals surface area contributed by atoms with Crippen molar-refractivity contribution in [2.45, 2.75) is 13.3 Å². The van der Waals surface area contributed by atoms with Crippen LogP contribution in [0.25, 0.3) is 6.08 Å². The maximum absolute atomic E-state index is 13.2. The SMILES string of the molecule is CCOc1cc(/C=C2/C(=O)NC(=O)N(c3ccc(Br)cc3)C2=O)cc(Cl)c1OCCCOc1ccccc1. The average Bonchev–Trinajstić information content (AvgIpc) is 2.89. The summed E-state index contributed by atoms with van der Waals surface area (Å²) in [6.07, 6.45) is 1.97. The number of barbiturate groups is 1. The van der Waals surface area contributed by atoms with Crippen LogP contribution in [0, 0.1) is 0 Å². The first-order valence-corrected chi connectivity index (χ1v) is 13.0. The predicted octanol–water partition coefficient (Wildman–Crippen LogP) is 6.02. The molecule has 1 N–H and O–H groups in total. The molecule has 38 heavy (non-hydrogen) atoms. The van der Waals surface area contributed by atoms with Crippen LogP contribution >= 0.6 is 27.5 Å². The molecule has 0 spiro atoms. The van der Waals surface area contributed by atoms with E-state index in [0.29, 0.717) is 49.0 Å². The van der Waals surface area contributed by atoms with Gasteiger partial charge in [0.15, 0.2) is 11.5 Å². The van der Waals surface area contributed by atoms with Crippen LogP contribution in [0.2, 0.25) is 5.02 Å². The number of imide groups is 2. The molecule has 1 aliphatic heterocycles. The highest BCUT2D eigenvalue weighted by Crippen LogP contribution is 2.38. The van der Waals surface area contributed by atoms with Gasteiger partial charge in [-0.05, 0) is 67.1 Å². The van der Waals surface area contributed by atoms with Crippen LogP contribution < -0.4 is 24.4 Å². The van der Waals surface area contributed by atoms with Crippen molar-refractivity contribution in [1.82, 2.24) is 5.32 Å². The van der Waals surface area contributed by atoms with Crippen molar-refractivity contribution in [2.75, 3.05) is 24.7 Å². The highest BCUT2D eigenvalue weighted by atomic mass is 79.9. The number of carbonyl (C=O) groups excluding carboxylic acids is 3. The number of hydrogen-bond donors (Lipinski definition) is 1. The molecule has 1 aliphatic rings. The first-order chi connectivity index (χ1) is 18.4. The lowest BCUT2D eigenvalue weighted by Crippen LogP contribution is -2.54. The zero-order valence-corrected chi connectivity index (χ0v) is 22.8. The number of nitrogens with zero attached hydrogens (tertiary/aromatic N) is 1. The van der Waals surface area contributed by atoms with Gasteiger partial charge in [0.25, 0.3) is 11.8 Å². The molecule has 3 aromatic carbocycles. The number of nitrogens with one attached hydrogen (secondary N) is 1. The summed E-state index contributed by atoms with van der Waals surface area (Å²) in [7, 11) is 0. The van der Waals surface area contributed by atoms with Crippen molar-refractivity contribution in [3.05, 3.63) is 87.4 Å². The molecular formula is C28H24BrClN2O6. The third-order valence-electron chi connectivity index (χ3n) is 5.38. The molecule has 4 amide bonds. The van der Waals surface area contributed by atoms with E-state index in [9.17, 15) is 14.4 Å². The van der Waals surface area contributed by atoms with E-state index in [2.05, 4.69) is 21.2 Å². The molecule has 1 fully saturated rings. The molecule has 0 radical (unpaired) electrons. The Morgan fingerprint density at radius 1 is 0.947 bits per heavy atom. The third kappa shape index (κ3) is 6.54. The summed E-state index contributed by atoms with van der Waals surface area (Å²) in [6.45, 7) is 2.95. The van der Waals surface area contributed by atoms with Crippen molar-refractivity contribution in [3.8, 4) is 17.2 Å². The summed E-state index contributed by atoms with van der Waals surface area (Å²) in [6, 6.07) is 18.4. The number of hydrogen-bond acceptors (Lipinski definition) is 6. The number of ether oxygens (including phenoxy) is 3. The van der Waals surface area contributed by atoms with Crippen molar-refractivity contribution >= 4 is 57.1 Å². The first-order valence-electron chi connectivity index (χ1n) is 11.8. The minimum Gasteiger partial charge on any atom is -0.493 e. The van der Waals surface area contributed by atoms with Crippen LogP contribution in [0.5, 0.6) is 17.2 Å². The van der Waals surface area contributed by atoms with Crippen molar-refractivity contribution in [3.63, 3.8) is 0 Å². The normalized spacial score (nSPS) is 14.4. The predicted molar refractivity (Wildman–Crippen MR) is 148 cm³/mol. The van der Waals surface area contributed by atoms with Crippen LogP contribution in [-0.2, 0) is 9.59 Å². The summed E-state index contributed by atoms with van der Waals surface area (Å²) < 4.78 is 18.1. The molecule has 0 aromatic heterocycles. The maximum Gasteiger partial charge on any atom is 0.335 e. The van der Waals surface area contributed by atoms with Gasteiger partial charge >= 0.3 is 6.03 Å². The summed E-state index contributed by atoms with van der Waals surface area (Å²) >= 11 is 9.83. The molecule has 0 aliphatic carbocycles. The second kappa shape index (κ2) is 12.6. The number of rotatable bonds is 10. The molecular weight excluding hydrogens is 576 g/mol. The smallest absolute Gasteiger partial charge is 0.335 e. The topological polar surface area (TPSA) is 94.2 Å². The van der Waals surface area contributed by atoms with Crippen molar-refractivity contribution in [2.24, 2.45) is 0 Å². The molecule has 4 rings (SSSR count). The van der Waals surface area contributed by atoms with Gasteiger partial charge in [-0.15, -0.1) is 0 Å². The van der Waals surface area contributed by atoms with E-state index >= 15 is 0 Å². The van der Waals surface area contributed by atoms with Crippen LogP contribution in [0.3, 0.4) is 0 Å². The molecule has 196 valence electrons. The van der Waals surface area contributed by atoms with E-state index in [-0.39, 0.29) is 10.6 Å². The fraction of sp³-hybridized carbons (Fsp3) is 0.179. The van der Waals surface area contributed by atoms with E-state index in [4.69, 9.17) is 25.8 Å². The Hall–Kier alpha value is -3.82. The summed E-state index contributed by atoms with van der Waals surface area (Å²) in [5, 5.41) is 2.45. The molecule has 8 nitrogen and oxygen atoms in total. The van der Waals surface area contributed by atoms with E-state index in [1.807, 2.05) is 37.3 Å². The number of para-hydroxylation sites is 1. The van der Waals surface area contributed by atoms with Gasteiger partial charge in [-0.1, -0.05) is 45.7 Å². The molecule has 3 aromatic rings. The number of amides is 4. The van der Waals surface area contributed by atoms with Gasteiger partial charge in [0.2, 0.25) is 0 Å². The van der Waals surface area contributed by atoms with Gasteiger partial charge in [0.1, 0.15) is 11.3 Å². The van der Waals surface area contributed by atoms with Gasteiger partial charge < -0.3 is 14.2 Å². The largest absolute Gasteiger partial charge is 0.493 e. The van der Waals surface area contributed by atoms with E-state index in [1.54, 1.807) is 36.4 Å². The van der Waals surface area contributed by atoms with Gasteiger partial charge in [0, 0.05) is 10.9 Å². The highest BCUT2D eigenvalue weighted by molar-refractivity contribution is 9.10. The van der Waals surface area contributed by atoms with Crippen LogP contribution in [0.15, 0.2) is 76.8 Å². The minimum absolute atomic E-state index is 0.224. The summed E-state index contributed by atoms with van der Waals surface area (Å²) in [4.78, 5) is 39.1. The molecule has 10 heteroatoms. The lowest BCUT2D eigenvalue weighted by molar-refractivity contribution is -0.122. The highest BCUT2D eigenvalue weighted by Gasteiger charge is 2.36. The molecule has 1 heterocycles. The average molecular weight is 600 g/mol. The minimum atomic E-state index is -0.826. The molecule has 0 atom stereocenters. The van der Waals surface area contributed by atoms with E-state index in [0.717, 1.165) is 15.1 Å². The van der Waals surface area contributed by atoms with Crippen LogP contribution in [0.1, 0.15) is 18.9 Å². The molecule has 0 unspecified atom stereocenters. The van der Waals surface area contributed by atoms with Gasteiger partial charge in [0.05, 0.1) is 30.5 Å². The van der Waals surface area contributed by atoms with Gasteiger partial charge in [-0.2, -0.15) is 0 Å². The van der Waals surface area contributed by atoms with Crippen molar-refractivity contribution < 1.29 is 28.6 Å². The second-order valence-corrected chi connectivity index (χ2v) is 9.38. The Bertz CT molecular complexity index is 1360. The standard InChI is InChI=1S/C28H24BrClN2O6/c1-2-36-24-17-18(16-23(30)25(24)38-14-6-13-37-21-7-4-3-5-8-21)15-22-26(33)31-28(35)32(27(22)34)20-11-9-19(29)10-12-20/h3-5,7-12,15-17H,2,6,13-14H2,1H3,(H,31,33,35)/b22-15-. The van der Waals surface area contributed by atoms with Crippen LogP contribution in [0.4, 0.5) is 10.5 Å². The molecule has 0 saturated carbocycles. The lowest BCUT2D eigenvalue weighted by atomic mass is 10.1. The Morgan fingerprint density at radius 2 is 1.66 bits per heavy atom. The molecule has 1 saturated heterocycles. The van der Waals surface area contributed by atoms with Crippen molar-refractivity contribution in [1.29, 1.82) is 0 Å². The van der Waals surface area contributed by atoms with Gasteiger partial charge in [-0.3, -0.25) is 14.9 Å². The van der Waals surface area contributed by atoms with Gasteiger partial charge in [-0.25, -0.2) is 9.69 Å². The Morgan fingerprint density at radius 3 is 2.37 bits per heavy atom. The third-order valence-corrected chi connectivity index (χ3v) is 6.19. The number of halogens is 2. The number of benzene rings is 3. The monoisotopic (exact) mass is 598 g/mol. The lowest BCUT2D eigenvalue weighted by Gasteiger charge is -2.26. The van der Waals surface area contributed by atoms with E-state index < -0.39 is 17.8 Å². The first kappa shape index (κ1) is 27.2. The van der Waals surface area contributed by atoms with Crippen LogP contribution in [-0.4, -0.2) is 37.7 Å². The zero-order chi connectivity index (χ0) is 27.1.